The molecule has 0 aromatic heterocycles. The van der Waals surface area contributed by atoms with Gasteiger partial charge >= 0.3 is 0 Å². The van der Waals surface area contributed by atoms with Crippen LogP contribution in [0.5, 0.6) is 0 Å². The van der Waals surface area contributed by atoms with Gasteiger partial charge in [-0.2, -0.15) is 0 Å². The monoisotopic (exact) mass is 293 g/mol. The molecule has 2 aromatic carbocycles. The number of benzene rings is 2. The van der Waals surface area contributed by atoms with Crippen molar-refractivity contribution in [1.82, 2.24) is 0 Å². The summed E-state index contributed by atoms with van der Waals surface area (Å²) in [4.78, 5) is 22.1. The number of carbonyl (C=O) groups excluding carboxylic acids is 1. The van der Waals surface area contributed by atoms with Gasteiger partial charge in [0.05, 0.1) is 10.6 Å². The molecule has 0 bridgehead atoms. The molecule has 0 spiro atoms. The lowest BCUT2D eigenvalue weighted by atomic mass is 10.1. The topological polar surface area (TPSA) is 98.3 Å². The van der Waals surface area contributed by atoms with Crippen molar-refractivity contribution in [3.63, 3.8) is 0 Å². The fraction of sp³-hybridized carbons (Fsp3) is 0. The van der Waals surface area contributed by atoms with Crippen molar-refractivity contribution < 1.29 is 18.5 Å². The van der Waals surface area contributed by atoms with E-state index in [1.807, 2.05) is 0 Å². The van der Waals surface area contributed by atoms with Gasteiger partial charge in [0, 0.05) is 17.8 Å². The second kappa shape index (κ2) is 5.53. The Morgan fingerprint density at radius 3 is 2.52 bits per heavy atom. The average molecular weight is 293 g/mol. The number of nitro benzene ring substituents is 1. The molecule has 108 valence electrons. The fourth-order valence-corrected chi connectivity index (χ4v) is 1.68. The first-order chi connectivity index (χ1) is 9.88. The summed E-state index contributed by atoms with van der Waals surface area (Å²) in [6.45, 7) is 0. The Morgan fingerprint density at radius 2 is 1.90 bits per heavy atom. The molecule has 2 aromatic rings. The Balaban J connectivity index is 2.36. The maximum atomic E-state index is 13.5. The summed E-state index contributed by atoms with van der Waals surface area (Å²) in [7, 11) is 0. The van der Waals surface area contributed by atoms with Gasteiger partial charge < -0.3 is 11.1 Å². The quantitative estimate of drug-likeness (QED) is 0.516. The molecule has 0 fully saturated rings. The van der Waals surface area contributed by atoms with Gasteiger partial charge in [0.1, 0.15) is 17.2 Å². The van der Waals surface area contributed by atoms with Crippen molar-refractivity contribution in [2.24, 2.45) is 0 Å². The number of hydrogen-bond acceptors (Lipinski definition) is 4. The third kappa shape index (κ3) is 3.11. The van der Waals surface area contributed by atoms with Crippen LogP contribution in [0.2, 0.25) is 0 Å². The minimum absolute atomic E-state index is 0.144. The Kier molecular flexibility index (Phi) is 3.79. The number of nitrogens with two attached hydrogens (primary N) is 1. The van der Waals surface area contributed by atoms with Crippen LogP contribution in [0.25, 0.3) is 0 Å². The van der Waals surface area contributed by atoms with Crippen LogP contribution < -0.4 is 11.1 Å². The fourth-order valence-electron chi connectivity index (χ4n) is 1.68. The molecule has 0 heterocycles. The van der Waals surface area contributed by atoms with Crippen molar-refractivity contribution in [2.45, 2.75) is 0 Å². The van der Waals surface area contributed by atoms with E-state index >= 15 is 0 Å². The number of nitrogen functional groups attached to an aromatic ring is 1. The maximum absolute atomic E-state index is 13.5. The third-order valence-corrected chi connectivity index (χ3v) is 2.64. The lowest BCUT2D eigenvalue weighted by Gasteiger charge is -2.07. The van der Waals surface area contributed by atoms with Gasteiger partial charge in [-0.3, -0.25) is 14.9 Å². The van der Waals surface area contributed by atoms with Crippen LogP contribution in [-0.4, -0.2) is 10.8 Å². The smallest absolute Gasteiger partial charge is 0.282 e. The van der Waals surface area contributed by atoms with Crippen LogP contribution in [0.3, 0.4) is 0 Å². The van der Waals surface area contributed by atoms with Crippen molar-refractivity contribution >= 4 is 23.0 Å². The van der Waals surface area contributed by atoms with E-state index in [0.29, 0.717) is 6.07 Å². The summed E-state index contributed by atoms with van der Waals surface area (Å²) in [6, 6.07) is 6.00. The van der Waals surface area contributed by atoms with Gasteiger partial charge in [0.15, 0.2) is 0 Å². The van der Waals surface area contributed by atoms with Crippen molar-refractivity contribution in [3.05, 3.63) is 63.7 Å². The number of nitrogens with zero attached hydrogens (tertiary/aromatic N) is 1. The minimum Gasteiger partial charge on any atom is -0.399 e. The molecule has 0 saturated carbocycles. The highest BCUT2D eigenvalue weighted by atomic mass is 19.1. The molecule has 0 unspecified atom stereocenters. The molecule has 0 radical (unpaired) electrons. The Hall–Kier alpha value is -3.03. The van der Waals surface area contributed by atoms with E-state index in [4.69, 9.17) is 5.73 Å². The summed E-state index contributed by atoms with van der Waals surface area (Å²) in [5, 5.41) is 13.0. The summed E-state index contributed by atoms with van der Waals surface area (Å²) in [6.07, 6.45) is 0. The van der Waals surface area contributed by atoms with E-state index in [-0.39, 0.29) is 16.9 Å². The zero-order chi connectivity index (χ0) is 15.6. The highest BCUT2D eigenvalue weighted by Crippen LogP contribution is 2.23. The molecule has 1 amide bonds. The van der Waals surface area contributed by atoms with Crippen molar-refractivity contribution in [1.29, 1.82) is 0 Å². The first kappa shape index (κ1) is 14.4. The van der Waals surface area contributed by atoms with Gasteiger partial charge in [-0.25, -0.2) is 8.78 Å². The second-order valence-corrected chi connectivity index (χ2v) is 4.11. The van der Waals surface area contributed by atoms with E-state index in [9.17, 15) is 23.7 Å². The van der Waals surface area contributed by atoms with Gasteiger partial charge in [0.25, 0.3) is 11.6 Å². The van der Waals surface area contributed by atoms with E-state index < -0.39 is 28.2 Å². The third-order valence-electron chi connectivity index (χ3n) is 2.64. The molecular formula is C13H9F2N3O3. The molecule has 8 heteroatoms. The number of nitrogens with one attached hydrogen (secondary N) is 1. The van der Waals surface area contributed by atoms with Crippen LogP contribution in [0.1, 0.15) is 10.4 Å². The predicted octanol–water partition coefficient (Wildman–Crippen LogP) is 2.71. The zero-order valence-corrected chi connectivity index (χ0v) is 10.5. The molecule has 0 aliphatic rings. The normalized spacial score (nSPS) is 10.2. The molecule has 0 atom stereocenters. The Labute approximate surface area is 117 Å². The van der Waals surface area contributed by atoms with E-state index in [1.165, 1.54) is 6.07 Å². The lowest BCUT2D eigenvalue weighted by Crippen LogP contribution is -2.15. The first-order valence-electron chi connectivity index (χ1n) is 5.69. The molecule has 0 saturated heterocycles. The number of halogens is 2. The highest BCUT2D eigenvalue weighted by molar-refractivity contribution is 6.07. The maximum Gasteiger partial charge on any atom is 0.282 e. The number of rotatable bonds is 3. The molecule has 21 heavy (non-hydrogen) atoms. The lowest BCUT2D eigenvalue weighted by molar-refractivity contribution is -0.385. The van der Waals surface area contributed by atoms with Gasteiger partial charge in [-0.1, -0.05) is 0 Å². The zero-order valence-electron chi connectivity index (χ0n) is 10.5. The average Bonchev–Trinajstić information content (AvgIpc) is 2.41. The largest absolute Gasteiger partial charge is 0.399 e. The van der Waals surface area contributed by atoms with Gasteiger partial charge in [-0.15, -0.1) is 0 Å². The Bertz CT molecular complexity index is 735. The Morgan fingerprint density at radius 1 is 1.19 bits per heavy atom. The second-order valence-electron chi connectivity index (χ2n) is 4.11. The van der Waals surface area contributed by atoms with Gasteiger partial charge in [-0.05, 0) is 24.3 Å². The van der Waals surface area contributed by atoms with Crippen LogP contribution in [0.15, 0.2) is 36.4 Å². The molecule has 0 aliphatic heterocycles. The van der Waals surface area contributed by atoms with Crippen molar-refractivity contribution in [3.8, 4) is 0 Å². The van der Waals surface area contributed by atoms with Crippen LogP contribution in [-0.2, 0) is 0 Å². The summed E-state index contributed by atoms with van der Waals surface area (Å²) < 4.78 is 26.2. The van der Waals surface area contributed by atoms with Crippen LogP contribution >= 0.6 is 0 Å². The number of hydrogen-bond donors (Lipinski definition) is 2. The number of carbonyl (C=O) groups is 1. The number of anilines is 2. The molecule has 3 N–H and O–H groups in total. The van der Waals surface area contributed by atoms with Gasteiger partial charge in [0.2, 0.25) is 0 Å². The minimum atomic E-state index is -0.991. The van der Waals surface area contributed by atoms with Crippen LogP contribution in [0.4, 0.5) is 25.8 Å². The van der Waals surface area contributed by atoms with E-state index in [0.717, 1.165) is 24.3 Å². The first-order valence-corrected chi connectivity index (χ1v) is 5.69. The SMILES string of the molecule is Nc1ccc([N+](=O)[O-])c(C(=O)Nc2ccc(F)cc2F)c1. The molecule has 0 aliphatic carbocycles. The number of nitro groups is 1. The van der Waals surface area contributed by atoms with Crippen LogP contribution in [0, 0.1) is 21.7 Å². The molecule has 2 rings (SSSR count). The van der Waals surface area contributed by atoms with E-state index in [2.05, 4.69) is 5.32 Å². The van der Waals surface area contributed by atoms with E-state index in [1.54, 1.807) is 0 Å². The number of amides is 1. The predicted molar refractivity (Wildman–Crippen MR) is 71.8 cm³/mol. The standard InChI is InChI=1S/C13H9F2N3O3/c14-7-1-3-11(10(15)5-7)17-13(19)9-6-8(16)2-4-12(9)18(20)21/h1-6H,16H2,(H,17,19). The summed E-state index contributed by atoms with van der Waals surface area (Å²) in [5.74, 6) is -2.71. The molecular weight excluding hydrogens is 284 g/mol. The summed E-state index contributed by atoms with van der Waals surface area (Å²) >= 11 is 0. The molecule has 6 nitrogen and oxygen atoms in total. The summed E-state index contributed by atoms with van der Waals surface area (Å²) in [5.41, 5.74) is 4.55. The van der Waals surface area contributed by atoms with Crippen molar-refractivity contribution in [2.75, 3.05) is 11.1 Å². The highest BCUT2D eigenvalue weighted by Gasteiger charge is 2.21.